The van der Waals surface area contributed by atoms with E-state index >= 15 is 0 Å². The van der Waals surface area contributed by atoms with Crippen LogP contribution in [0, 0.1) is 5.82 Å². The summed E-state index contributed by atoms with van der Waals surface area (Å²) < 4.78 is 13.2. The number of nitrogens with zero attached hydrogens (tertiary/aromatic N) is 1. The first-order valence-corrected chi connectivity index (χ1v) is 5.68. The number of likely N-dealkylation sites (tertiary alicyclic amines) is 1. The fraction of sp³-hybridized carbons (Fsp3) is 0.500. The highest BCUT2D eigenvalue weighted by Crippen LogP contribution is 2.38. The summed E-state index contributed by atoms with van der Waals surface area (Å²) in [6, 6.07) is 4.39. The van der Waals surface area contributed by atoms with Gasteiger partial charge in [-0.05, 0) is 38.6 Å². The van der Waals surface area contributed by atoms with Crippen molar-refractivity contribution in [3.05, 3.63) is 34.6 Å². The molecule has 1 aliphatic heterocycles. The van der Waals surface area contributed by atoms with Crippen LogP contribution in [0.3, 0.4) is 0 Å². The van der Waals surface area contributed by atoms with Gasteiger partial charge in [-0.15, -0.1) is 0 Å². The van der Waals surface area contributed by atoms with Gasteiger partial charge in [0.2, 0.25) is 0 Å². The smallest absolute Gasteiger partial charge is 0.123 e. The van der Waals surface area contributed by atoms with Crippen molar-refractivity contribution in [2.24, 2.45) is 0 Å². The first kappa shape index (κ1) is 11.8. The molecule has 2 nitrogen and oxygen atoms in total. The van der Waals surface area contributed by atoms with Crippen LogP contribution >= 0.6 is 11.6 Å². The molecule has 0 amide bonds. The molecule has 1 fully saturated rings. The number of aliphatic hydroxyl groups is 1. The molecule has 1 N–H and O–H groups in total. The summed E-state index contributed by atoms with van der Waals surface area (Å²) in [5.74, 6) is -0.366. The molecule has 0 spiro atoms. The van der Waals surface area contributed by atoms with Crippen LogP contribution in [-0.2, 0) is 5.60 Å². The summed E-state index contributed by atoms with van der Waals surface area (Å²) >= 11 is 6.02. The van der Waals surface area contributed by atoms with E-state index in [-0.39, 0.29) is 11.9 Å². The Hall–Kier alpha value is -0.640. The molecule has 4 heteroatoms. The van der Waals surface area contributed by atoms with Gasteiger partial charge in [0, 0.05) is 23.2 Å². The minimum Gasteiger partial charge on any atom is -0.384 e. The van der Waals surface area contributed by atoms with Gasteiger partial charge < -0.3 is 10.0 Å². The van der Waals surface area contributed by atoms with Gasteiger partial charge in [0.05, 0.1) is 0 Å². The molecule has 0 aromatic heterocycles. The predicted octanol–water partition coefficient (Wildman–Crippen LogP) is 2.39. The maximum Gasteiger partial charge on any atom is 0.123 e. The third kappa shape index (κ3) is 1.95. The fourth-order valence-electron chi connectivity index (χ4n) is 2.33. The zero-order chi connectivity index (χ0) is 11.9. The maximum absolute atomic E-state index is 13.2. The van der Waals surface area contributed by atoms with Crippen LogP contribution in [-0.4, -0.2) is 29.6 Å². The Morgan fingerprint density at radius 2 is 2.25 bits per heavy atom. The molecule has 0 radical (unpaired) electrons. The topological polar surface area (TPSA) is 23.5 Å². The second kappa shape index (κ2) is 3.99. The van der Waals surface area contributed by atoms with Crippen LogP contribution in [0.5, 0.6) is 0 Å². The molecule has 16 heavy (non-hydrogen) atoms. The van der Waals surface area contributed by atoms with Crippen molar-refractivity contribution in [2.45, 2.75) is 25.0 Å². The van der Waals surface area contributed by atoms with E-state index in [0.717, 1.165) is 0 Å². The van der Waals surface area contributed by atoms with E-state index in [9.17, 15) is 9.50 Å². The largest absolute Gasteiger partial charge is 0.384 e. The van der Waals surface area contributed by atoms with E-state index in [0.29, 0.717) is 23.6 Å². The van der Waals surface area contributed by atoms with E-state index < -0.39 is 5.60 Å². The Bertz CT molecular complexity index is 400. The summed E-state index contributed by atoms with van der Waals surface area (Å²) in [5, 5.41) is 10.9. The van der Waals surface area contributed by atoms with Crippen molar-refractivity contribution < 1.29 is 9.50 Å². The number of halogens is 2. The minimum absolute atomic E-state index is 0.268. The number of rotatable bonds is 1. The van der Waals surface area contributed by atoms with E-state index in [4.69, 9.17) is 11.6 Å². The van der Waals surface area contributed by atoms with Crippen molar-refractivity contribution in [3.8, 4) is 0 Å². The summed E-state index contributed by atoms with van der Waals surface area (Å²) in [6.07, 6.45) is 0.576. The highest BCUT2D eigenvalue weighted by Gasteiger charge is 2.41. The van der Waals surface area contributed by atoms with Gasteiger partial charge in [-0.3, -0.25) is 0 Å². The van der Waals surface area contributed by atoms with Gasteiger partial charge in [-0.1, -0.05) is 11.6 Å². The molecule has 1 aliphatic rings. The fourth-order valence-corrected chi connectivity index (χ4v) is 2.62. The molecular weight excluding hydrogens is 229 g/mol. The average Bonchev–Trinajstić information content (AvgIpc) is 2.46. The number of likely N-dealkylation sites (N-methyl/N-ethyl adjacent to an activating group) is 1. The van der Waals surface area contributed by atoms with Crippen molar-refractivity contribution in [1.82, 2.24) is 4.90 Å². The van der Waals surface area contributed by atoms with Gasteiger partial charge in [0.25, 0.3) is 0 Å². The molecule has 1 aromatic carbocycles. The molecule has 0 saturated carbocycles. The molecule has 2 unspecified atom stereocenters. The van der Waals surface area contributed by atoms with Gasteiger partial charge in [-0.25, -0.2) is 4.39 Å². The maximum atomic E-state index is 13.2. The first-order valence-electron chi connectivity index (χ1n) is 5.30. The van der Waals surface area contributed by atoms with Crippen LogP contribution in [0.4, 0.5) is 4.39 Å². The lowest BCUT2D eigenvalue weighted by Gasteiger charge is -2.24. The van der Waals surface area contributed by atoms with Crippen LogP contribution in [0.15, 0.2) is 18.2 Å². The van der Waals surface area contributed by atoms with E-state index in [1.165, 1.54) is 18.2 Å². The lowest BCUT2D eigenvalue weighted by molar-refractivity contribution is 0.0484. The van der Waals surface area contributed by atoms with Gasteiger partial charge >= 0.3 is 0 Å². The summed E-state index contributed by atoms with van der Waals surface area (Å²) in [4.78, 5) is 2.04. The van der Waals surface area contributed by atoms with Gasteiger partial charge in [-0.2, -0.15) is 0 Å². The molecular formula is C12H15ClFNO. The Labute approximate surface area is 99.6 Å². The average molecular weight is 244 g/mol. The number of benzene rings is 1. The van der Waals surface area contributed by atoms with Crippen LogP contribution in [0.25, 0.3) is 0 Å². The Balaban J connectivity index is 2.40. The molecule has 88 valence electrons. The Kier molecular flexibility index (Phi) is 2.95. The molecule has 0 bridgehead atoms. The van der Waals surface area contributed by atoms with E-state index in [1.807, 2.05) is 18.9 Å². The SMILES string of the molecule is CC1CC(O)(c2cc(F)ccc2Cl)CN1C. The minimum atomic E-state index is -1.03. The summed E-state index contributed by atoms with van der Waals surface area (Å²) in [7, 11) is 1.94. The molecule has 2 rings (SSSR count). The predicted molar refractivity (Wildman–Crippen MR) is 62.0 cm³/mol. The number of β-amino-alcohol motifs (C(OH)–C–C–N with tert-alkyl or cyclic N) is 1. The third-order valence-electron chi connectivity index (χ3n) is 3.33. The summed E-state index contributed by atoms with van der Waals surface area (Å²) in [6.45, 7) is 2.52. The van der Waals surface area contributed by atoms with Crippen molar-refractivity contribution in [1.29, 1.82) is 0 Å². The molecule has 0 aliphatic carbocycles. The van der Waals surface area contributed by atoms with Crippen molar-refractivity contribution in [3.63, 3.8) is 0 Å². The van der Waals surface area contributed by atoms with Gasteiger partial charge in [0.15, 0.2) is 0 Å². The van der Waals surface area contributed by atoms with Crippen LogP contribution < -0.4 is 0 Å². The molecule has 2 atom stereocenters. The van der Waals surface area contributed by atoms with Crippen molar-refractivity contribution in [2.75, 3.05) is 13.6 Å². The standard InChI is InChI=1S/C12H15ClFNO/c1-8-6-12(16,7-15(8)2)10-5-9(14)3-4-11(10)13/h3-5,8,16H,6-7H2,1-2H3. The first-order chi connectivity index (χ1) is 7.42. The molecule has 1 aromatic rings. The third-order valence-corrected chi connectivity index (χ3v) is 3.66. The van der Waals surface area contributed by atoms with Crippen molar-refractivity contribution >= 4 is 11.6 Å². The lowest BCUT2D eigenvalue weighted by atomic mass is 9.91. The quantitative estimate of drug-likeness (QED) is 0.819. The molecule has 1 saturated heterocycles. The van der Waals surface area contributed by atoms with Gasteiger partial charge in [0.1, 0.15) is 11.4 Å². The summed E-state index contributed by atoms with van der Waals surface area (Å²) in [5.41, 5.74) is -0.543. The van der Waals surface area contributed by atoms with Crippen LogP contribution in [0.1, 0.15) is 18.9 Å². The second-order valence-electron chi connectivity index (χ2n) is 4.62. The normalized spacial score (nSPS) is 30.9. The highest BCUT2D eigenvalue weighted by molar-refractivity contribution is 6.31. The Morgan fingerprint density at radius 1 is 1.56 bits per heavy atom. The second-order valence-corrected chi connectivity index (χ2v) is 5.03. The Morgan fingerprint density at radius 3 is 2.81 bits per heavy atom. The number of hydrogen-bond donors (Lipinski definition) is 1. The van der Waals surface area contributed by atoms with Crippen LogP contribution in [0.2, 0.25) is 5.02 Å². The van der Waals surface area contributed by atoms with E-state index in [1.54, 1.807) is 0 Å². The number of hydrogen-bond acceptors (Lipinski definition) is 2. The molecule has 1 heterocycles. The zero-order valence-electron chi connectivity index (χ0n) is 9.37. The van der Waals surface area contributed by atoms with E-state index in [2.05, 4.69) is 0 Å². The highest BCUT2D eigenvalue weighted by atomic mass is 35.5. The monoisotopic (exact) mass is 243 g/mol. The lowest BCUT2D eigenvalue weighted by Crippen LogP contribution is -2.29. The zero-order valence-corrected chi connectivity index (χ0v) is 10.1.